The minimum absolute atomic E-state index is 0.207. The number of ether oxygens (including phenoxy) is 1. The smallest absolute Gasteiger partial charge is 0.112 e. The van der Waals surface area contributed by atoms with Gasteiger partial charge in [0.15, 0.2) is 0 Å². The Morgan fingerprint density at radius 2 is 1.90 bits per heavy atom. The molecule has 1 fully saturated rings. The maximum atomic E-state index is 9.62. The van der Waals surface area contributed by atoms with Crippen LogP contribution in [0.25, 0.3) is 0 Å². The molecule has 2 nitrogen and oxygen atoms in total. The molecule has 0 amide bonds. The molecule has 0 aromatic carbocycles. The molecule has 60 valence electrons. The number of hydrogen-bond acceptors (Lipinski definition) is 2. The SMILES string of the molecule is CC(C)(C)CC1(O)COC1. The van der Waals surface area contributed by atoms with E-state index < -0.39 is 5.60 Å². The Morgan fingerprint density at radius 1 is 1.40 bits per heavy atom. The molecule has 1 aliphatic rings. The van der Waals surface area contributed by atoms with Crippen molar-refractivity contribution in [2.45, 2.75) is 32.8 Å². The van der Waals surface area contributed by atoms with Gasteiger partial charge in [0.1, 0.15) is 5.60 Å². The highest BCUT2D eigenvalue weighted by Crippen LogP contribution is 2.31. The van der Waals surface area contributed by atoms with Crippen LogP contribution in [0.3, 0.4) is 0 Å². The lowest BCUT2D eigenvalue weighted by Gasteiger charge is -2.40. The van der Waals surface area contributed by atoms with E-state index in [1.54, 1.807) is 0 Å². The fraction of sp³-hybridized carbons (Fsp3) is 1.00. The van der Waals surface area contributed by atoms with Gasteiger partial charge >= 0.3 is 0 Å². The Kier molecular flexibility index (Phi) is 1.77. The Bertz CT molecular complexity index is 120. The standard InChI is InChI=1S/C8H16O2/c1-7(2,3)4-8(9)5-10-6-8/h9H,4-6H2,1-3H3. The predicted molar refractivity (Wildman–Crippen MR) is 39.8 cm³/mol. The summed E-state index contributed by atoms with van der Waals surface area (Å²) >= 11 is 0. The van der Waals surface area contributed by atoms with Gasteiger partial charge in [-0.15, -0.1) is 0 Å². The predicted octanol–water partition coefficient (Wildman–Crippen LogP) is 1.18. The van der Waals surface area contributed by atoms with Crippen LogP contribution in [0.15, 0.2) is 0 Å². The molecule has 0 aromatic rings. The molecule has 0 bridgehead atoms. The lowest BCUT2D eigenvalue weighted by molar-refractivity contribution is -0.192. The van der Waals surface area contributed by atoms with Gasteiger partial charge < -0.3 is 9.84 Å². The summed E-state index contributed by atoms with van der Waals surface area (Å²) < 4.78 is 4.93. The zero-order chi connectivity index (χ0) is 7.83. The van der Waals surface area contributed by atoms with Crippen LogP contribution in [0.4, 0.5) is 0 Å². The van der Waals surface area contributed by atoms with Gasteiger partial charge in [-0.25, -0.2) is 0 Å². The Hall–Kier alpha value is -0.0800. The average molecular weight is 144 g/mol. The van der Waals surface area contributed by atoms with Crippen molar-refractivity contribution in [3.05, 3.63) is 0 Å². The molecule has 0 spiro atoms. The van der Waals surface area contributed by atoms with Gasteiger partial charge in [-0.1, -0.05) is 20.8 Å². The van der Waals surface area contributed by atoms with E-state index >= 15 is 0 Å². The van der Waals surface area contributed by atoms with Crippen LogP contribution in [0, 0.1) is 5.41 Å². The van der Waals surface area contributed by atoms with E-state index in [1.165, 1.54) is 0 Å². The van der Waals surface area contributed by atoms with Crippen molar-refractivity contribution in [2.24, 2.45) is 5.41 Å². The first-order chi connectivity index (χ1) is 4.41. The van der Waals surface area contributed by atoms with E-state index in [0.717, 1.165) is 6.42 Å². The Labute approximate surface area is 62.2 Å². The van der Waals surface area contributed by atoms with E-state index in [2.05, 4.69) is 20.8 Å². The third-order valence-electron chi connectivity index (χ3n) is 1.60. The quantitative estimate of drug-likeness (QED) is 0.599. The maximum absolute atomic E-state index is 9.62. The molecule has 1 rings (SSSR count). The van der Waals surface area contributed by atoms with Gasteiger partial charge in [0.05, 0.1) is 13.2 Å². The van der Waals surface area contributed by atoms with Gasteiger partial charge in [-0.2, -0.15) is 0 Å². The molecule has 1 saturated heterocycles. The fourth-order valence-electron chi connectivity index (χ4n) is 1.43. The van der Waals surface area contributed by atoms with Crippen molar-refractivity contribution in [1.82, 2.24) is 0 Å². The molecular formula is C8H16O2. The third-order valence-corrected chi connectivity index (χ3v) is 1.60. The summed E-state index contributed by atoms with van der Waals surface area (Å²) in [7, 11) is 0. The number of rotatable bonds is 1. The van der Waals surface area contributed by atoms with Crippen molar-refractivity contribution >= 4 is 0 Å². The first-order valence-corrected chi connectivity index (χ1v) is 3.72. The molecule has 1 N–H and O–H groups in total. The first-order valence-electron chi connectivity index (χ1n) is 3.72. The van der Waals surface area contributed by atoms with Crippen molar-refractivity contribution in [2.75, 3.05) is 13.2 Å². The molecule has 0 aromatic heterocycles. The minimum Gasteiger partial charge on any atom is -0.385 e. The summed E-state index contributed by atoms with van der Waals surface area (Å²) in [6.45, 7) is 7.42. The molecule has 0 aliphatic carbocycles. The molecule has 1 aliphatic heterocycles. The van der Waals surface area contributed by atoms with E-state index in [0.29, 0.717) is 13.2 Å². The van der Waals surface area contributed by atoms with Gasteiger partial charge in [-0.05, 0) is 11.8 Å². The number of hydrogen-bond donors (Lipinski definition) is 1. The van der Waals surface area contributed by atoms with Crippen molar-refractivity contribution in [3.63, 3.8) is 0 Å². The molecule has 0 atom stereocenters. The minimum atomic E-state index is -0.516. The van der Waals surface area contributed by atoms with E-state index in [4.69, 9.17) is 4.74 Å². The monoisotopic (exact) mass is 144 g/mol. The summed E-state index contributed by atoms with van der Waals surface area (Å²) in [5.74, 6) is 0. The second-order valence-corrected chi connectivity index (χ2v) is 4.45. The van der Waals surface area contributed by atoms with Crippen LogP contribution >= 0.6 is 0 Å². The summed E-state index contributed by atoms with van der Waals surface area (Å²) in [4.78, 5) is 0. The lowest BCUT2D eigenvalue weighted by Crippen LogP contribution is -2.51. The van der Waals surface area contributed by atoms with Gasteiger partial charge in [0, 0.05) is 0 Å². The van der Waals surface area contributed by atoms with Crippen LogP contribution in [-0.2, 0) is 4.74 Å². The molecule has 0 unspecified atom stereocenters. The van der Waals surface area contributed by atoms with Gasteiger partial charge in [-0.3, -0.25) is 0 Å². The molecular weight excluding hydrogens is 128 g/mol. The molecule has 2 heteroatoms. The van der Waals surface area contributed by atoms with E-state index in [-0.39, 0.29) is 5.41 Å². The highest BCUT2D eigenvalue weighted by molar-refractivity contribution is 4.88. The van der Waals surface area contributed by atoms with Crippen LogP contribution in [-0.4, -0.2) is 23.9 Å². The summed E-state index contributed by atoms with van der Waals surface area (Å²) in [6, 6.07) is 0. The van der Waals surface area contributed by atoms with Crippen molar-refractivity contribution in [3.8, 4) is 0 Å². The second kappa shape index (κ2) is 2.21. The number of aliphatic hydroxyl groups is 1. The molecule has 0 saturated carbocycles. The van der Waals surface area contributed by atoms with Crippen LogP contribution in [0.1, 0.15) is 27.2 Å². The molecule has 10 heavy (non-hydrogen) atoms. The fourth-order valence-corrected chi connectivity index (χ4v) is 1.43. The van der Waals surface area contributed by atoms with Crippen molar-refractivity contribution in [1.29, 1.82) is 0 Å². The van der Waals surface area contributed by atoms with Crippen molar-refractivity contribution < 1.29 is 9.84 Å². The maximum Gasteiger partial charge on any atom is 0.112 e. The molecule has 0 radical (unpaired) electrons. The first kappa shape index (κ1) is 8.02. The Balaban J connectivity index is 2.37. The summed E-state index contributed by atoms with van der Waals surface area (Å²) in [6.07, 6.45) is 0.833. The topological polar surface area (TPSA) is 29.5 Å². The Morgan fingerprint density at radius 3 is 2.00 bits per heavy atom. The van der Waals surface area contributed by atoms with E-state index in [9.17, 15) is 5.11 Å². The lowest BCUT2D eigenvalue weighted by atomic mass is 9.81. The normalized spacial score (nSPS) is 24.0. The summed E-state index contributed by atoms with van der Waals surface area (Å²) in [5, 5.41) is 9.62. The van der Waals surface area contributed by atoms with Crippen LogP contribution < -0.4 is 0 Å². The summed E-state index contributed by atoms with van der Waals surface area (Å²) in [5.41, 5.74) is -0.309. The average Bonchev–Trinajstić information content (AvgIpc) is 1.57. The largest absolute Gasteiger partial charge is 0.385 e. The zero-order valence-electron chi connectivity index (χ0n) is 6.98. The third kappa shape index (κ3) is 1.96. The van der Waals surface area contributed by atoms with Crippen LogP contribution in [0.5, 0.6) is 0 Å². The van der Waals surface area contributed by atoms with Gasteiger partial charge in [0.25, 0.3) is 0 Å². The zero-order valence-corrected chi connectivity index (χ0v) is 6.98. The highest BCUT2D eigenvalue weighted by Gasteiger charge is 2.39. The van der Waals surface area contributed by atoms with E-state index in [1.807, 2.05) is 0 Å². The van der Waals surface area contributed by atoms with Gasteiger partial charge in [0.2, 0.25) is 0 Å². The highest BCUT2D eigenvalue weighted by atomic mass is 16.5. The van der Waals surface area contributed by atoms with Crippen LogP contribution in [0.2, 0.25) is 0 Å². The molecule has 1 heterocycles. The second-order valence-electron chi connectivity index (χ2n) is 4.45.